The van der Waals surface area contributed by atoms with E-state index in [9.17, 15) is 14.7 Å². The Labute approximate surface area is 171 Å². The van der Waals surface area contributed by atoms with E-state index in [4.69, 9.17) is 0 Å². The molecule has 146 valence electrons. The highest BCUT2D eigenvalue weighted by Crippen LogP contribution is 2.37. The normalized spacial score (nSPS) is 16.7. The molecule has 1 aliphatic heterocycles. The van der Waals surface area contributed by atoms with Gasteiger partial charge in [-0.05, 0) is 26.0 Å². The molecule has 7 nitrogen and oxygen atoms in total. The minimum Gasteiger partial charge on any atom is -0.493 e. The summed E-state index contributed by atoms with van der Waals surface area (Å²) >= 11 is 1.11. The molecule has 0 bridgehead atoms. The van der Waals surface area contributed by atoms with Crippen molar-refractivity contribution in [3.8, 4) is 5.88 Å². The minimum atomic E-state index is -0.614. The molecule has 0 spiro atoms. The molecule has 1 atom stereocenters. The summed E-state index contributed by atoms with van der Waals surface area (Å²) < 4.78 is 0. The van der Waals surface area contributed by atoms with Gasteiger partial charge in [0.05, 0.1) is 5.52 Å². The largest absolute Gasteiger partial charge is 0.493 e. The Morgan fingerprint density at radius 2 is 1.86 bits per heavy atom. The van der Waals surface area contributed by atoms with Crippen LogP contribution < -0.4 is 0 Å². The fourth-order valence-corrected chi connectivity index (χ4v) is 3.92. The summed E-state index contributed by atoms with van der Waals surface area (Å²) in [5.41, 5.74) is 3.68. The van der Waals surface area contributed by atoms with Gasteiger partial charge in [0.15, 0.2) is 11.5 Å². The number of aryl methyl sites for hydroxylation is 2. The molecular weight excluding hydrogens is 388 g/mol. The highest BCUT2D eigenvalue weighted by Gasteiger charge is 2.31. The first-order chi connectivity index (χ1) is 13.9. The van der Waals surface area contributed by atoms with E-state index in [2.05, 4.69) is 20.2 Å². The average molecular weight is 406 g/mol. The van der Waals surface area contributed by atoms with Gasteiger partial charge >= 0.3 is 0 Å². The number of hydrogen-bond donors (Lipinski definition) is 2. The Kier molecular flexibility index (Phi) is 5.02. The number of rotatable bonds is 4. The lowest BCUT2D eigenvalue weighted by atomic mass is 10.0. The van der Waals surface area contributed by atoms with Crippen LogP contribution in [0.3, 0.4) is 0 Å². The number of Topliss-reactive ketones (excluding diaryl/α,β-unsaturated/α-hetero) is 1. The molecule has 1 aliphatic rings. The van der Waals surface area contributed by atoms with Gasteiger partial charge in [-0.15, -0.1) is 10.2 Å². The lowest BCUT2D eigenvalue weighted by molar-refractivity contribution is -0.117. The number of aromatic hydroxyl groups is 1. The first-order valence-electron chi connectivity index (χ1n) is 9.03. The summed E-state index contributed by atoms with van der Waals surface area (Å²) in [6, 6.07) is 12.9. The molecule has 1 unspecified atom stereocenters. The van der Waals surface area contributed by atoms with E-state index in [-0.39, 0.29) is 23.3 Å². The number of azo groups is 1. The number of nitrogens with one attached hydrogen (secondary N) is 1. The van der Waals surface area contributed by atoms with E-state index >= 15 is 0 Å². The summed E-state index contributed by atoms with van der Waals surface area (Å²) in [7, 11) is 0. The molecule has 0 fully saturated rings. The fourth-order valence-electron chi connectivity index (χ4n) is 3.04. The van der Waals surface area contributed by atoms with Gasteiger partial charge in [-0.25, -0.2) is 0 Å². The van der Waals surface area contributed by atoms with E-state index in [1.165, 1.54) is 0 Å². The van der Waals surface area contributed by atoms with E-state index < -0.39 is 11.2 Å². The van der Waals surface area contributed by atoms with Crippen LogP contribution in [0, 0.1) is 13.8 Å². The van der Waals surface area contributed by atoms with E-state index in [0.29, 0.717) is 11.3 Å². The maximum Gasteiger partial charge on any atom is 0.262 e. The number of benzene rings is 2. The number of ketones is 1. The standard InChI is InChI=1S/C21H18N4O3S/c1-11-3-6-13(7-4-11)16(26)10-17-19(27)23-21(29-17)25-24-18-14-9-12(2)5-8-15(14)22-20(18)28/h3-9,17,22,28H,10H2,1-2H3. The Bertz CT molecular complexity index is 1180. The second-order valence-electron chi connectivity index (χ2n) is 6.90. The molecule has 1 amide bonds. The van der Waals surface area contributed by atoms with Gasteiger partial charge in [0.2, 0.25) is 11.0 Å². The van der Waals surface area contributed by atoms with Crippen LogP contribution in [0.5, 0.6) is 5.88 Å². The number of H-pyrrole nitrogens is 1. The molecule has 4 rings (SSSR count). The molecule has 2 N–H and O–H groups in total. The topological polar surface area (TPSA) is 107 Å². The molecule has 3 aromatic rings. The smallest absolute Gasteiger partial charge is 0.262 e. The van der Waals surface area contributed by atoms with Gasteiger partial charge in [-0.1, -0.05) is 53.2 Å². The Morgan fingerprint density at radius 1 is 1.14 bits per heavy atom. The van der Waals surface area contributed by atoms with Gasteiger partial charge in [0.25, 0.3) is 5.91 Å². The van der Waals surface area contributed by atoms with Gasteiger partial charge in [-0.3, -0.25) is 9.59 Å². The Hall–Kier alpha value is -3.26. The zero-order valence-electron chi connectivity index (χ0n) is 15.8. The summed E-state index contributed by atoms with van der Waals surface area (Å²) in [6.07, 6.45) is 0.0482. The third-order valence-electron chi connectivity index (χ3n) is 4.62. The Balaban J connectivity index is 1.47. The number of nitrogens with zero attached hydrogens (tertiary/aromatic N) is 3. The molecule has 8 heteroatoms. The molecule has 0 saturated heterocycles. The first-order valence-corrected chi connectivity index (χ1v) is 9.91. The molecule has 0 saturated carbocycles. The Morgan fingerprint density at radius 3 is 2.62 bits per heavy atom. The predicted octanol–water partition coefficient (Wildman–Crippen LogP) is 4.85. The van der Waals surface area contributed by atoms with Crippen molar-refractivity contribution in [1.82, 2.24) is 4.98 Å². The SMILES string of the molecule is Cc1ccc(C(=O)CC2SC(N=Nc3c(O)[nH]c4ccc(C)cc34)=NC2=O)cc1. The number of hydrogen-bond acceptors (Lipinski definition) is 6. The quantitative estimate of drug-likeness (QED) is 0.477. The van der Waals surface area contributed by atoms with Gasteiger partial charge in [0, 0.05) is 17.4 Å². The molecule has 1 aromatic heterocycles. The maximum absolute atomic E-state index is 12.4. The second kappa shape index (κ2) is 7.63. The number of thioether (sulfide) groups is 1. The molecule has 0 radical (unpaired) electrons. The zero-order chi connectivity index (χ0) is 20.5. The van der Waals surface area contributed by atoms with Crippen LogP contribution >= 0.6 is 11.8 Å². The number of amides is 1. The van der Waals surface area contributed by atoms with Crippen LogP contribution in [0.4, 0.5) is 5.69 Å². The molecule has 2 aromatic carbocycles. The van der Waals surface area contributed by atoms with Crippen molar-refractivity contribution in [3.63, 3.8) is 0 Å². The predicted molar refractivity (Wildman–Crippen MR) is 113 cm³/mol. The molecule has 29 heavy (non-hydrogen) atoms. The highest BCUT2D eigenvalue weighted by atomic mass is 32.2. The number of aliphatic imine (C=N–C) groups is 1. The second-order valence-corrected chi connectivity index (χ2v) is 8.07. The third kappa shape index (κ3) is 3.97. The van der Waals surface area contributed by atoms with Crippen LogP contribution in [0.2, 0.25) is 0 Å². The number of aromatic amines is 1. The number of carbonyl (C=O) groups excluding carboxylic acids is 2. The number of fused-ring (bicyclic) bond motifs is 1. The summed E-state index contributed by atoms with van der Waals surface area (Å²) in [4.78, 5) is 31.3. The van der Waals surface area contributed by atoms with Crippen molar-refractivity contribution >= 4 is 45.2 Å². The van der Waals surface area contributed by atoms with Gasteiger partial charge in [-0.2, -0.15) is 4.99 Å². The summed E-state index contributed by atoms with van der Waals surface area (Å²) in [5.74, 6) is -0.618. The molecular formula is C21H18N4O3S. The number of carbonyl (C=O) groups is 2. The van der Waals surface area contributed by atoms with Crippen LogP contribution in [0.15, 0.2) is 57.7 Å². The van der Waals surface area contributed by atoms with Crippen LogP contribution in [-0.2, 0) is 4.79 Å². The number of aromatic nitrogens is 1. The summed E-state index contributed by atoms with van der Waals surface area (Å²) in [6.45, 7) is 3.89. The van der Waals surface area contributed by atoms with E-state index in [1.54, 1.807) is 12.1 Å². The van der Waals surface area contributed by atoms with Crippen LogP contribution in [0.25, 0.3) is 10.9 Å². The van der Waals surface area contributed by atoms with Crippen molar-refractivity contribution in [1.29, 1.82) is 0 Å². The van der Waals surface area contributed by atoms with Gasteiger partial charge < -0.3 is 10.1 Å². The molecule has 0 aliphatic carbocycles. The number of amidine groups is 1. The average Bonchev–Trinajstić information content (AvgIpc) is 3.19. The van der Waals surface area contributed by atoms with E-state index in [1.807, 2.05) is 44.2 Å². The van der Waals surface area contributed by atoms with Crippen molar-refractivity contribution < 1.29 is 14.7 Å². The van der Waals surface area contributed by atoms with Crippen LogP contribution in [-0.4, -0.2) is 32.2 Å². The minimum absolute atomic E-state index is 0.0482. The lowest BCUT2D eigenvalue weighted by Crippen LogP contribution is -2.16. The fraction of sp³-hybridized carbons (Fsp3) is 0.190. The zero-order valence-corrected chi connectivity index (χ0v) is 16.7. The molecule has 2 heterocycles. The lowest BCUT2D eigenvalue weighted by Gasteiger charge is -2.05. The van der Waals surface area contributed by atoms with Gasteiger partial charge in [0.1, 0.15) is 5.25 Å². The highest BCUT2D eigenvalue weighted by molar-refractivity contribution is 8.15. The maximum atomic E-state index is 12.4. The first kappa shape index (κ1) is 19.1. The monoisotopic (exact) mass is 406 g/mol. The van der Waals surface area contributed by atoms with E-state index in [0.717, 1.165) is 33.8 Å². The summed E-state index contributed by atoms with van der Waals surface area (Å²) in [5, 5.41) is 18.5. The van der Waals surface area contributed by atoms with Crippen molar-refractivity contribution in [2.75, 3.05) is 0 Å². The van der Waals surface area contributed by atoms with Crippen molar-refractivity contribution in [2.45, 2.75) is 25.5 Å². The van der Waals surface area contributed by atoms with Crippen molar-refractivity contribution in [3.05, 3.63) is 59.2 Å². The third-order valence-corrected chi connectivity index (χ3v) is 5.65. The van der Waals surface area contributed by atoms with Crippen LogP contribution in [0.1, 0.15) is 27.9 Å². The van der Waals surface area contributed by atoms with Crippen molar-refractivity contribution in [2.24, 2.45) is 15.2 Å².